The molecule has 30 heavy (non-hydrogen) atoms. The summed E-state index contributed by atoms with van der Waals surface area (Å²) in [5, 5.41) is 0. The Morgan fingerprint density at radius 2 is 1.30 bits per heavy atom. The van der Waals surface area contributed by atoms with Gasteiger partial charge in [-0.05, 0) is 50.7 Å². The van der Waals surface area contributed by atoms with Gasteiger partial charge in [0, 0.05) is 11.6 Å². The van der Waals surface area contributed by atoms with E-state index in [9.17, 15) is 18.0 Å². The summed E-state index contributed by atoms with van der Waals surface area (Å²) in [6, 6.07) is 19.9. The van der Waals surface area contributed by atoms with Crippen molar-refractivity contribution >= 4 is 5.78 Å². The van der Waals surface area contributed by atoms with Crippen molar-refractivity contribution in [3.8, 4) is 0 Å². The molecule has 0 N–H and O–H groups in total. The number of hydrogen-bond donors (Lipinski definition) is 0. The van der Waals surface area contributed by atoms with E-state index in [4.69, 9.17) is 0 Å². The molecule has 0 aliphatic heterocycles. The molecule has 0 spiro atoms. The third-order valence-electron chi connectivity index (χ3n) is 5.65. The van der Waals surface area contributed by atoms with Gasteiger partial charge in [0.25, 0.3) is 0 Å². The van der Waals surface area contributed by atoms with Crippen LogP contribution in [0.2, 0.25) is 0 Å². The molecule has 3 rings (SSSR count). The first-order chi connectivity index (χ1) is 14.3. The number of halogens is 3. The van der Waals surface area contributed by atoms with Crippen molar-refractivity contribution < 1.29 is 18.0 Å². The summed E-state index contributed by atoms with van der Waals surface area (Å²) < 4.78 is 41.6. The van der Waals surface area contributed by atoms with Gasteiger partial charge in [-0.3, -0.25) is 4.79 Å². The number of rotatable bonds is 7. The second-order valence-electron chi connectivity index (χ2n) is 7.74. The predicted octanol–water partition coefficient (Wildman–Crippen LogP) is 5.61. The molecule has 2 nitrogen and oxygen atoms in total. The molecular weight excluding hydrogens is 387 g/mol. The summed E-state index contributed by atoms with van der Waals surface area (Å²) in [6.45, 7) is 1.99. The number of carbonyl (C=O) groups excluding carboxylic acids is 1. The molecule has 0 aliphatic rings. The lowest BCUT2D eigenvalue weighted by atomic mass is 9.66. The van der Waals surface area contributed by atoms with E-state index in [1.165, 1.54) is 0 Å². The van der Waals surface area contributed by atoms with Crippen LogP contribution in [-0.2, 0) is 5.41 Å². The number of Topliss-reactive ketones (excluding diaryl/α,β-unsaturated/α-hetero) is 1. The van der Waals surface area contributed by atoms with Crippen molar-refractivity contribution in [2.24, 2.45) is 0 Å². The van der Waals surface area contributed by atoms with E-state index in [0.717, 1.165) is 12.1 Å². The first kappa shape index (κ1) is 21.8. The molecule has 0 heterocycles. The Kier molecular flexibility index (Phi) is 6.42. The van der Waals surface area contributed by atoms with Gasteiger partial charge in [0.2, 0.25) is 0 Å². The van der Waals surface area contributed by atoms with E-state index >= 15 is 0 Å². The van der Waals surface area contributed by atoms with Crippen LogP contribution in [0.1, 0.15) is 34.8 Å². The fourth-order valence-corrected chi connectivity index (χ4v) is 3.76. The predicted molar refractivity (Wildman–Crippen MR) is 112 cm³/mol. The van der Waals surface area contributed by atoms with Gasteiger partial charge in [-0.1, -0.05) is 60.7 Å². The molecule has 0 saturated heterocycles. The van der Waals surface area contributed by atoms with Crippen molar-refractivity contribution in [2.75, 3.05) is 14.1 Å². The number of hydrogen-bond acceptors (Lipinski definition) is 2. The van der Waals surface area contributed by atoms with Gasteiger partial charge in [0.1, 0.15) is 0 Å². The van der Waals surface area contributed by atoms with E-state index in [0.29, 0.717) is 17.5 Å². The molecule has 5 heteroatoms. The number of ketones is 1. The third kappa shape index (κ3) is 4.03. The maximum absolute atomic E-state index is 14.0. The van der Waals surface area contributed by atoms with Crippen molar-refractivity contribution in [1.29, 1.82) is 0 Å². The molecule has 3 aromatic rings. The van der Waals surface area contributed by atoms with E-state index in [-0.39, 0.29) is 11.6 Å². The van der Waals surface area contributed by atoms with Crippen molar-refractivity contribution in [3.63, 3.8) is 0 Å². The Morgan fingerprint density at radius 3 is 1.70 bits per heavy atom. The van der Waals surface area contributed by atoms with Crippen LogP contribution in [0.4, 0.5) is 13.2 Å². The van der Waals surface area contributed by atoms with Crippen molar-refractivity contribution in [3.05, 3.63) is 107 Å². The van der Waals surface area contributed by atoms with Crippen LogP contribution in [0.25, 0.3) is 0 Å². The summed E-state index contributed by atoms with van der Waals surface area (Å²) in [4.78, 5) is 16.0. The van der Waals surface area contributed by atoms with Gasteiger partial charge in [0.05, 0.1) is 5.41 Å². The second-order valence-corrected chi connectivity index (χ2v) is 7.74. The number of nitrogens with zero attached hydrogens (tertiary/aromatic N) is 1. The maximum atomic E-state index is 14.0. The number of carbonyl (C=O) groups is 1. The van der Waals surface area contributed by atoms with Gasteiger partial charge in [-0.15, -0.1) is 0 Å². The largest absolute Gasteiger partial charge is 0.307 e. The minimum atomic E-state index is -1.58. The molecule has 0 radical (unpaired) electrons. The molecule has 0 unspecified atom stereocenters. The van der Waals surface area contributed by atoms with Crippen LogP contribution >= 0.6 is 0 Å². The van der Waals surface area contributed by atoms with Crippen LogP contribution in [0, 0.1) is 17.5 Å². The zero-order valence-electron chi connectivity index (χ0n) is 17.2. The molecule has 3 aromatic carbocycles. The zero-order chi connectivity index (χ0) is 21.9. The normalized spacial score (nSPS) is 12.8. The molecule has 0 bridgehead atoms. The highest BCUT2D eigenvalue weighted by Crippen LogP contribution is 2.41. The Bertz CT molecular complexity index is 957. The average molecular weight is 411 g/mol. The summed E-state index contributed by atoms with van der Waals surface area (Å²) >= 11 is 0. The molecule has 0 saturated carbocycles. The Morgan fingerprint density at radius 1 is 0.867 bits per heavy atom. The summed E-state index contributed by atoms with van der Waals surface area (Å²) in [5.74, 6) is -4.83. The Labute approximate surface area is 175 Å². The van der Waals surface area contributed by atoms with Gasteiger partial charge in [-0.25, -0.2) is 13.2 Å². The minimum absolute atomic E-state index is 0.0375. The van der Waals surface area contributed by atoms with Crippen LogP contribution in [0.15, 0.2) is 72.8 Å². The Balaban J connectivity index is 2.31. The second kappa shape index (κ2) is 8.84. The highest BCUT2D eigenvalue weighted by atomic mass is 19.2. The standard InChI is InChI=1S/C25H24F3NO/c1-17(29(2)3)16-25(19-10-6-4-7-11-19,20-12-8-5-9-13-20)24(30)18-14-21(26)23(28)22(27)15-18/h4-15,17H,16H2,1-3H3/t17-/m0/s1. The molecule has 156 valence electrons. The lowest BCUT2D eigenvalue weighted by Gasteiger charge is -2.37. The van der Waals surface area contributed by atoms with Gasteiger partial charge in [0.15, 0.2) is 23.2 Å². The first-order valence-electron chi connectivity index (χ1n) is 9.74. The first-order valence-corrected chi connectivity index (χ1v) is 9.74. The van der Waals surface area contributed by atoms with E-state index in [1.54, 1.807) is 0 Å². The Hall–Kier alpha value is -2.92. The van der Waals surface area contributed by atoms with Crippen LogP contribution in [-0.4, -0.2) is 30.8 Å². The molecule has 0 aromatic heterocycles. The molecule has 0 fully saturated rings. The fraction of sp³-hybridized carbons (Fsp3) is 0.240. The molecule has 1 atom stereocenters. The number of benzene rings is 3. The average Bonchev–Trinajstić information content (AvgIpc) is 2.76. The summed E-state index contributed by atoms with van der Waals surface area (Å²) in [6.07, 6.45) is 0.369. The summed E-state index contributed by atoms with van der Waals surface area (Å²) in [7, 11) is 3.82. The zero-order valence-corrected chi connectivity index (χ0v) is 17.2. The lowest BCUT2D eigenvalue weighted by molar-refractivity contribution is 0.0881. The van der Waals surface area contributed by atoms with Crippen LogP contribution in [0.3, 0.4) is 0 Å². The van der Waals surface area contributed by atoms with Gasteiger partial charge >= 0.3 is 0 Å². The molecule has 0 aliphatic carbocycles. The third-order valence-corrected chi connectivity index (χ3v) is 5.65. The van der Waals surface area contributed by atoms with E-state index in [1.807, 2.05) is 86.6 Å². The molecular formula is C25H24F3NO. The lowest BCUT2D eigenvalue weighted by Crippen LogP contribution is -2.43. The summed E-state index contributed by atoms with van der Waals surface area (Å²) in [5.41, 5.74) is 0.00766. The highest BCUT2D eigenvalue weighted by Gasteiger charge is 2.44. The SMILES string of the molecule is C[C@@H](CC(C(=O)c1cc(F)c(F)c(F)c1)(c1ccccc1)c1ccccc1)N(C)C. The smallest absolute Gasteiger partial charge is 0.194 e. The molecule has 0 amide bonds. The van der Waals surface area contributed by atoms with Crippen LogP contribution < -0.4 is 0 Å². The van der Waals surface area contributed by atoms with Crippen LogP contribution in [0.5, 0.6) is 0 Å². The monoisotopic (exact) mass is 411 g/mol. The fourth-order valence-electron chi connectivity index (χ4n) is 3.76. The quantitative estimate of drug-likeness (QED) is 0.372. The van der Waals surface area contributed by atoms with Crippen molar-refractivity contribution in [2.45, 2.75) is 24.8 Å². The van der Waals surface area contributed by atoms with Crippen molar-refractivity contribution in [1.82, 2.24) is 4.90 Å². The van der Waals surface area contributed by atoms with E-state index in [2.05, 4.69) is 0 Å². The van der Waals surface area contributed by atoms with E-state index < -0.39 is 28.6 Å². The minimum Gasteiger partial charge on any atom is -0.307 e. The van der Waals surface area contributed by atoms with Gasteiger partial charge < -0.3 is 4.90 Å². The maximum Gasteiger partial charge on any atom is 0.194 e. The topological polar surface area (TPSA) is 20.3 Å². The van der Waals surface area contributed by atoms with Gasteiger partial charge in [-0.2, -0.15) is 0 Å². The highest BCUT2D eigenvalue weighted by molar-refractivity contribution is 6.06.